The molecule has 0 unspecified atom stereocenters. The molecule has 0 spiro atoms. The molecule has 0 bridgehead atoms. The summed E-state index contributed by atoms with van der Waals surface area (Å²) in [4.78, 5) is 25.4. The Balaban J connectivity index is 2.23. The van der Waals surface area contributed by atoms with Crippen LogP contribution in [-0.2, 0) is 6.54 Å². The van der Waals surface area contributed by atoms with Gasteiger partial charge >= 0.3 is 5.97 Å². The standard InChI is InChI=1S/C12H14N4O2S/c1-7-4-10(11(17)18)15-12(13-7)16(3)5-9-6-19-8(2)14-9/h4,6H,5H2,1-3H3,(H,17,18). The molecule has 6 nitrogen and oxygen atoms in total. The van der Waals surface area contributed by atoms with Gasteiger partial charge in [0.25, 0.3) is 0 Å². The van der Waals surface area contributed by atoms with Crippen molar-refractivity contribution >= 4 is 23.3 Å². The SMILES string of the molecule is Cc1cc(C(=O)O)nc(N(C)Cc2csc(C)n2)n1. The van der Waals surface area contributed by atoms with Gasteiger partial charge in [-0.15, -0.1) is 11.3 Å². The molecule has 19 heavy (non-hydrogen) atoms. The number of aromatic carboxylic acids is 1. The van der Waals surface area contributed by atoms with E-state index in [-0.39, 0.29) is 5.69 Å². The van der Waals surface area contributed by atoms with Crippen LogP contribution < -0.4 is 4.90 Å². The molecule has 2 rings (SSSR count). The predicted molar refractivity (Wildman–Crippen MR) is 72.7 cm³/mol. The molecule has 0 fully saturated rings. The van der Waals surface area contributed by atoms with Crippen LogP contribution in [0.25, 0.3) is 0 Å². The summed E-state index contributed by atoms with van der Waals surface area (Å²) in [6.45, 7) is 4.24. The molecule has 0 aromatic carbocycles. The van der Waals surface area contributed by atoms with Crippen LogP contribution in [0.4, 0.5) is 5.95 Å². The molecule has 2 aromatic heterocycles. The van der Waals surface area contributed by atoms with E-state index in [1.165, 1.54) is 6.07 Å². The lowest BCUT2D eigenvalue weighted by Crippen LogP contribution is -2.21. The first-order chi connectivity index (χ1) is 8.95. The zero-order valence-corrected chi connectivity index (χ0v) is 11.7. The summed E-state index contributed by atoms with van der Waals surface area (Å²) in [7, 11) is 1.81. The summed E-state index contributed by atoms with van der Waals surface area (Å²) in [5.74, 6) is -0.660. The van der Waals surface area contributed by atoms with Crippen LogP contribution in [0.15, 0.2) is 11.4 Å². The van der Waals surface area contributed by atoms with Gasteiger partial charge in [-0.3, -0.25) is 0 Å². The smallest absolute Gasteiger partial charge is 0.354 e. The Bertz CT molecular complexity index is 612. The van der Waals surface area contributed by atoms with Gasteiger partial charge < -0.3 is 10.0 Å². The fourth-order valence-electron chi connectivity index (χ4n) is 1.63. The fourth-order valence-corrected chi connectivity index (χ4v) is 2.23. The van der Waals surface area contributed by atoms with Crippen molar-refractivity contribution in [2.75, 3.05) is 11.9 Å². The lowest BCUT2D eigenvalue weighted by Gasteiger charge is -2.16. The Hall–Kier alpha value is -2.02. The Labute approximate surface area is 114 Å². The molecule has 7 heteroatoms. The van der Waals surface area contributed by atoms with Crippen molar-refractivity contribution in [3.8, 4) is 0 Å². The molecule has 0 aliphatic carbocycles. The number of rotatable bonds is 4. The van der Waals surface area contributed by atoms with Gasteiger partial charge in [0.2, 0.25) is 5.95 Å². The van der Waals surface area contributed by atoms with E-state index in [2.05, 4.69) is 15.0 Å². The van der Waals surface area contributed by atoms with Gasteiger partial charge in [-0.25, -0.2) is 19.7 Å². The largest absolute Gasteiger partial charge is 0.477 e. The predicted octanol–water partition coefficient (Wildman–Crippen LogP) is 1.88. The first-order valence-corrected chi connectivity index (χ1v) is 6.55. The van der Waals surface area contributed by atoms with E-state index in [0.717, 1.165) is 10.7 Å². The normalized spacial score (nSPS) is 10.5. The number of aromatic nitrogens is 3. The molecular formula is C12H14N4O2S. The van der Waals surface area contributed by atoms with Gasteiger partial charge in [-0.2, -0.15) is 0 Å². The van der Waals surface area contributed by atoms with Crippen LogP contribution in [0.2, 0.25) is 0 Å². The number of aryl methyl sites for hydroxylation is 2. The number of anilines is 1. The maximum absolute atomic E-state index is 11.0. The number of thiazole rings is 1. The van der Waals surface area contributed by atoms with E-state index in [4.69, 9.17) is 5.11 Å². The van der Waals surface area contributed by atoms with Crippen molar-refractivity contribution in [1.29, 1.82) is 0 Å². The molecule has 0 atom stereocenters. The minimum atomic E-state index is -1.05. The maximum Gasteiger partial charge on any atom is 0.354 e. The maximum atomic E-state index is 11.0. The quantitative estimate of drug-likeness (QED) is 0.920. The summed E-state index contributed by atoms with van der Waals surface area (Å²) in [6.07, 6.45) is 0. The van der Waals surface area contributed by atoms with E-state index >= 15 is 0 Å². The monoisotopic (exact) mass is 278 g/mol. The molecule has 2 aromatic rings. The minimum absolute atomic E-state index is 0.00353. The van der Waals surface area contributed by atoms with E-state index in [1.54, 1.807) is 23.2 Å². The summed E-state index contributed by atoms with van der Waals surface area (Å²) in [6, 6.07) is 1.45. The summed E-state index contributed by atoms with van der Waals surface area (Å²) in [5.41, 5.74) is 1.56. The number of nitrogens with zero attached hydrogens (tertiary/aromatic N) is 4. The van der Waals surface area contributed by atoms with Gasteiger partial charge in [0.1, 0.15) is 0 Å². The molecule has 1 N–H and O–H groups in total. The van der Waals surface area contributed by atoms with Gasteiger partial charge in [0.15, 0.2) is 5.69 Å². The third kappa shape index (κ3) is 3.25. The van der Waals surface area contributed by atoms with Crippen LogP contribution in [0.5, 0.6) is 0 Å². The summed E-state index contributed by atoms with van der Waals surface area (Å²) in [5, 5.41) is 12.0. The first-order valence-electron chi connectivity index (χ1n) is 5.67. The Morgan fingerprint density at radius 1 is 1.37 bits per heavy atom. The molecule has 2 heterocycles. The number of carboxylic acids is 1. The topological polar surface area (TPSA) is 79.2 Å². The molecule has 0 aliphatic rings. The molecule has 100 valence electrons. The van der Waals surface area contributed by atoms with Crippen LogP contribution in [0.3, 0.4) is 0 Å². The third-order valence-corrected chi connectivity index (χ3v) is 3.29. The van der Waals surface area contributed by atoms with Gasteiger partial charge in [0, 0.05) is 18.1 Å². The van der Waals surface area contributed by atoms with Gasteiger partial charge in [-0.1, -0.05) is 0 Å². The van der Waals surface area contributed by atoms with Crippen LogP contribution in [0, 0.1) is 13.8 Å². The van der Waals surface area contributed by atoms with E-state index < -0.39 is 5.97 Å². The lowest BCUT2D eigenvalue weighted by molar-refractivity contribution is 0.0690. The zero-order valence-electron chi connectivity index (χ0n) is 10.9. The average Bonchev–Trinajstić information content (AvgIpc) is 2.73. The van der Waals surface area contributed by atoms with Gasteiger partial charge in [0.05, 0.1) is 17.2 Å². The second-order valence-corrected chi connectivity index (χ2v) is 5.28. The second-order valence-electron chi connectivity index (χ2n) is 4.21. The highest BCUT2D eigenvalue weighted by Crippen LogP contribution is 2.14. The highest BCUT2D eigenvalue weighted by Gasteiger charge is 2.12. The van der Waals surface area contributed by atoms with Crippen molar-refractivity contribution in [2.24, 2.45) is 0 Å². The summed E-state index contributed by atoms with van der Waals surface area (Å²) >= 11 is 1.58. The third-order valence-electron chi connectivity index (χ3n) is 2.47. The Morgan fingerprint density at radius 2 is 2.11 bits per heavy atom. The van der Waals surface area contributed by atoms with Crippen molar-refractivity contribution in [3.63, 3.8) is 0 Å². The van der Waals surface area contributed by atoms with Crippen molar-refractivity contribution in [2.45, 2.75) is 20.4 Å². The van der Waals surface area contributed by atoms with Crippen molar-refractivity contribution < 1.29 is 9.90 Å². The summed E-state index contributed by atoms with van der Waals surface area (Å²) < 4.78 is 0. The lowest BCUT2D eigenvalue weighted by atomic mass is 10.3. The molecule has 0 radical (unpaired) electrons. The molecule has 0 saturated carbocycles. The highest BCUT2D eigenvalue weighted by atomic mass is 32.1. The van der Waals surface area contributed by atoms with E-state index in [9.17, 15) is 4.79 Å². The van der Waals surface area contributed by atoms with E-state index in [0.29, 0.717) is 18.2 Å². The Morgan fingerprint density at radius 3 is 2.68 bits per heavy atom. The average molecular weight is 278 g/mol. The second kappa shape index (κ2) is 5.31. The number of hydrogen-bond donors (Lipinski definition) is 1. The highest BCUT2D eigenvalue weighted by molar-refractivity contribution is 7.09. The zero-order chi connectivity index (χ0) is 14.0. The molecular weight excluding hydrogens is 264 g/mol. The first kappa shape index (κ1) is 13.4. The van der Waals surface area contributed by atoms with Crippen LogP contribution in [0.1, 0.15) is 26.9 Å². The number of carboxylic acid groups (broad SMARTS) is 1. The fraction of sp³-hybridized carbons (Fsp3) is 0.333. The molecule has 0 aliphatic heterocycles. The molecule has 0 amide bonds. The number of hydrogen-bond acceptors (Lipinski definition) is 6. The van der Waals surface area contributed by atoms with Crippen molar-refractivity contribution in [3.05, 3.63) is 33.5 Å². The van der Waals surface area contributed by atoms with Gasteiger partial charge in [-0.05, 0) is 19.9 Å². The van der Waals surface area contributed by atoms with Crippen molar-refractivity contribution in [1.82, 2.24) is 15.0 Å². The van der Waals surface area contributed by atoms with Crippen LogP contribution >= 0.6 is 11.3 Å². The number of carbonyl (C=O) groups is 1. The molecule has 0 saturated heterocycles. The minimum Gasteiger partial charge on any atom is -0.477 e. The van der Waals surface area contributed by atoms with E-state index in [1.807, 2.05) is 19.4 Å². The van der Waals surface area contributed by atoms with Crippen LogP contribution in [-0.4, -0.2) is 33.1 Å². The Kier molecular flexibility index (Phi) is 3.75.